The van der Waals surface area contributed by atoms with Gasteiger partial charge in [0, 0.05) is 20.2 Å². The van der Waals surface area contributed by atoms with E-state index in [1.165, 1.54) is 0 Å². The van der Waals surface area contributed by atoms with Crippen molar-refractivity contribution in [1.29, 1.82) is 0 Å². The van der Waals surface area contributed by atoms with Gasteiger partial charge in [0.1, 0.15) is 0 Å². The molecule has 0 atom stereocenters. The molecule has 0 aliphatic rings. The molecule has 0 saturated carbocycles. The molecular formula is C16H14Br2N6O. The van der Waals surface area contributed by atoms with Gasteiger partial charge in [-0.05, 0) is 70.4 Å². The highest BCUT2D eigenvalue weighted by molar-refractivity contribution is 9.11. The fraction of sp³-hybridized carbons (Fsp3) is 0.125. The molecule has 2 aromatic carbocycles. The third kappa shape index (κ3) is 4.23. The minimum absolute atomic E-state index is 0.363. The number of aryl methyl sites for hydroxylation is 2. The molecule has 0 radical (unpaired) electrons. The summed E-state index contributed by atoms with van der Waals surface area (Å²) in [5.74, 6) is 0.378. The maximum Gasteiger partial charge on any atom is 0.323 e. The van der Waals surface area contributed by atoms with E-state index in [1.807, 2.05) is 44.2 Å². The predicted molar refractivity (Wildman–Crippen MR) is 104 cm³/mol. The van der Waals surface area contributed by atoms with Crippen molar-refractivity contribution in [2.75, 3.05) is 10.6 Å². The number of carbonyl (C=O) groups excluding carboxylic acids is 1. The van der Waals surface area contributed by atoms with Crippen molar-refractivity contribution < 1.29 is 4.79 Å². The number of rotatable bonds is 3. The number of halogens is 2. The molecular weight excluding hydrogens is 452 g/mol. The number of nitrogens with one attached hydrogen (secondary N) is 3. The van der Waals surface area contributed by atoms with Crippen LogP contribution < -0.4 is 10.6 Å². The van der Waals surface area contributed by atoms with Crippen molar-refractivity contribution >= 4 is 49.3 Å². The lowest BCUT2D eigenvalue weighted by Crippen LogP contribution is -2.20. The fourth-order valence-corrected chi connectivity index (χ4v) is 3.80. The number of hydrogen-bond donors (Lipinski definition) is 3. The average molecular weight is 466 g/mol. The fourth-order valence-electron chi connectivity index (χ4n) is 2.48. The maximum absolute atomic E-state index is 12.4. The Kier molecular flexibility index (Phi) is 5.14. The number of amides is 2. The zero-order valence-electron chi connectivity index (χ0n) is 13.4. The minimum atomic E-state index is -0.363. The standard InChI is InChI=1S/C16H14Br2N6O/c1-8-3-9(2)5-11(4-8)19-16(25)20-14-12(15-21-23-24-22-15)6-10(17)7-13(14)18/h3-7H,1-2H3,(H2,19,20,25)(H,21,22,23,24). The van der Waals surface area contributed by atoms with Crippen LogP contribution in [0.15, 0.2) is 39.3 Å². The Balaban J connectivity index is 1.88. The number of nitrogens with zero attached hydrogens (tertiary/aromatic N) is 3. The number of carbonyl (C=O) groups is 1. The molecule has 3 aromatic rings. The number of aromatic amines is 1. The first kappa shape index (κ1) is 17.6. The summed E-state index contributed by atoms with van der Waals surface area (Å²) in [5.41, 5.74) is 4.06. The molecule has 2 amide bonds. The topological polar surface area (TPSA) is 95.6 Å². The van der Waals surface area contributed by atoms with Crippen LogP contribution in [-0.4, -0.2) is 26.7 Å². The highest BCUT2D eigenvalue weighted by Gasteiger charge is 2.16. The lowest BCUT2D eigenvalue weighted by molar-refractivity contribution is 0.262. The molecule has 1 aromatic heterocycles. The highest BCUT2D eigenvalue weighted by Crippen LogP contribution is 2.35. The molecule has 0 bridgehead atoms. The average Bonchev–Trinajstić information content (AvgIpc) is 3.02. The van der Waals surface area contributed by atoms with Crippen LogP contribution in [0.4, 0.5) is 16.2 Å². The van der Waals surface area contributed by atoms with Gasteiger partial charge >= 0.3 is 6.03 Å². The summed E-state index contributed by atoms with van der Waals surface area (Å²) in [5, 5.41) is 19.6. The first-order valence-electron chi connectivity index (χ1n) is 7.31. The van der Waals surface area contributed by atoms with Crippen LogP contribution in [0.2, 0.25) is 0 Å². The molecule has 128 valence electrons. The number of hydrogen-bond acceptors (Lipinski definition) is 4. The molecule has 0 aliphatic carbocycles. The molecule has 0 spiro atoms. The van der Waals surface area contributed by atoms with E-state index < -0.39 is 0 Å². The number of H-pyrrole nitrogens is 1. The van der Waals surface area contributed by atoms with E-state index in [2.05, 4.69) is 63.1 Å². The van der Waals surface area contributed by atoms with Gasteiger partial charge in [-0.3, -0.25) is 0 Å². The van der Waals surface area contributed by atoms with Gasteiger partial charge in [-0.15, -0.1) is 10.2 Å². The van der Waals surface area contributed by atoms with Crippen LogP contribution in [-0.2, 0) is 0 Å². The second kappa shape index (κ2) is 7.32. The number of aromatic nitrogens is 4. The first-order valence-corrected chi connectivity index (χ1v) is 8.90. The van der Waals surface area contributed by atoms with Gasteiger partial charge < -0.3 is 10.6 Å². The minimum Gasteiger partial charge on any atom is -0.308 e. The van der Waals surface area contributed by atoms with E-state index in [4.69, 9.17) is 0 Å². The zero-order valence-corrected chi connectivity index (χ0v) is 16.6. The van der Waals surface area contributed by atoms with E-state index in [9.17, 15) is 4.79 Å². The van der Waals surface area contributed by atoms with Crippen molar-refractivity contribution in [1.82, 2.24) is 20.6 Å². The van der Waals surface area contributed by atoms with Gasteiger partial charge in [0.05, 0.1) is 5.69 Å². The van der Waals surface area contributed by atoms with Crippen molar-refractivity contribution in [3.8, 4) is 11.4 Å². The highest BCUT2D eigenvalue weighted by atomic mass is 79.9. The Labute approximate surface area is 160 Å². The summed E-state index contributed by atoms with van der Waals surface area (Å²) in [6, 6.07) is 9.13. The van der Waals surface area contributed by atoms with Crippen LogP contribution in [0, 0.1) is 13.8 Å². The summed E-state index contributed by atoms with van der Waals surface area (Å²) < 4.78 is 1.51. The normalized spacial score (nSPS) is 10.6. The Morgan fingerprint density at radius 1 is 1.04 bits per heavy atom. The molecule has 0 saturated heterocycles. The largest absolute Gasteiger partial charge is 0.323 e. The monoisotopic (exact) mass is 464 g/mol. The van der Waals surface area contributed by atoms with Crippen LogP contribution in [0.25, 0.3) is 11.4 Å². The second-order valence-corrected chi connectivity index (χ2v) is 7.27. The number of urea groups is 1. The van der Waals surface area contributed by atoms with Crippen LogP contribution in [0.3, 0.4) is 0 Å². The van der Waals surface area contributed by atoms with Gasteiger partial charge in [0.2, 0.25) is 5.82 Å². The third-order valence-corrected chi connectivity index (χ3v) is 4.44. The Hall–Kier alpha value is -2.26. The van der Waals surface area contributed by atoms with E-state index >= 15 is 0 Å². The third-order valence-electron chi connectivity index (χ3n) is 3.36. The first-order chi connectivity index (χ1) is 11.9. The zero-order chi connectivity index (χ0) is 18.0. The van der Waals surface area contributed by atoms with Crippen LogP contribution >= 0.6 is 31.9 Å². The Morgan fingerprint density at radius 2 is 1.76 bits per heavy atom. The SMILES string of the molecule is Cc1cc(C)cc(NC(=O)Nc2c(Br)cc(Br)cc2-c2nn[nH]n2)c1. The smallest absolute Gasteiger partial charge is 0.308 e. The molecule has 0 aliphatic heterocycles. The van der Waals surface area contributed by atoms with E-state index in [0.29, 0.717) is 21.5 Å². The van der Waals surface area contributed by atoms with Gasteiger partial charge in [-0.1, -0.05) is 22.0 Å². The summed E-state index contributed by atoms with van der Waals surface area (Å²) in [4.78, 5) is 12.4. The number of anilines is 2. The van der Waals surface area contributed by atoms with Crippen LogP contribution in [0.5, 0.6) is 0 Å². The second-order valence-electron chi connectivity index (χ2n) is 5.50. The summed E-state index contributed by atoms with van der Waals surface area (Å²) in [6.45, 7) is 3.96. The van der Waals surface area contributed by atoms with Crippen molar-refractivity contribution in [3.63, 3.8) is 0 Å². The van der Waals surface area contributed by atoms with Crippen molar-refractivity contribution in [2.24, 2.45) is 0 Å². The maximum atomic E-state index is 12.4. The molecule has 7 nitrogen and oxygen atoms in total. The summed E-state index contributed by atoms with van der Waals surface area (Å²) >= 11 is 6.89. The summed E-state index contributed by atoms with van der Waals surface area (Å²) in [6.07, 6.45) is 0. The molecule has 1 heterocycles. The molecule has 9 heteroatoms. The van der Waals surface area contributed by atoms with E-state index in [0.717, 1.165) is 21.3 Å². The molecule has 0 unspecified atom stereocenters. The van der Waals surface area contributed by atoms with Crippen molar-refractivity contribution in [3.05, 3.63) is 50.4 Å². The van der Waals surface area contributed by atoms with E-state index in [-0.39, 0.29) is 6.03 Å². The van der Waals surface area contributed by atoms with Gasteiger partial charge in [0.25, 0.3) is 0 Å². The Bertz CT molecular complexity index is 906. The summed E-state index contributed by atoms with van der Waals surface area (Å²) in [7, 11) is 0. The lowest BCUT2D eigenvalue weighted by Gasteiger charge is -2.13. The molecule has 25 heavy (non-hydrogen) atoms. The predicted octanol–water partition coefficient (Wildman–Crippen LogP) is 4.65. The molecule has 3 N–H and O–H groups in total. The lowest BCUT2D eigenvalue weighted by atomic mass is 10.1. The van der Waals surface area contributed by atoms with Gasteiger partial charge in [0.15, 0.2) is 0 Å². The van der Waals surface area contributed by atoms with Gasteiger partial charge in [-0.25, -0.2) is 4.79 Å². The number of benzene rings is 2. The van der Waals surface area contributed by atoms with Crippen molar-refractivity contribution in [2.45, 2.75) is 13.8 Å². The number of tetrazole rings is 1. The molecule has 3 rings (SSSR count). The molecule has 0 fully saturated rings. The Morgan fingerprint density at radius 3 is 2.40 bits per heavy atom. The quantitative estimate of drug-likeness (QED) is 0.524. The van der Waals surface area contributed by atoms with Crippen LogP contribution in [0.1, 0.15) is 11.1 Å². The van der Waals surface area contributed by atoms with Gasteiger partial charge in [-0.2, -0.15) is 5.21 Å². The van der Waals surface area contributed by atoms with E-state index in [1.54, 1.807) is 0 Å².